The van der Waals surface area contributed by atoms with Crippen LogP contribution in [0.5, 0.6) is 5.75 Å². The second-order valence-electron chi connectivity index (χ2n) is 4.85. The van der Waals surface area contributed by atoms with Gasteiger partial charge < -0.3 is 15.0 Å². The monoisotopic (exact) mass is 279 g/mol. The van der Waals surface area contributed by atoms with E-state index in [2.05, 4.69) is 10.2 Å². The van der Waals surface area contributed by atoms with E-state index in [1.54, 1.807) is 12.1 Å². The zero-order chi connectivity index (χ0) is 14.4. The van der Waals surface area contributed by atoms with Crippen molar-refractivity contribution in [2.45, 2.75) is 19.8 Å². The summed E-state index contributed by atoms with van der Waals surface area (Å²) in [5.74, 6) is 0.323. The molecule has 1 saturated heterocycles. The van der Waals surface area contributed by atoms with Crippen molar-refractivity contribution < 1.29 is 9.66 Å². The molecule has 0 unspecified atom stereocenters. The van der Waals surface area contributed by atoms with Crippen LogP contribution in [0.25, 0.3) is 0 Å². The van der Waals surface area contributed by atoms with Gasteiger partial charge in [-0.05, 0) is 38.9 Å². The molecule has 6 heteroatoms. The van der Waals surface area contributed by atoms with Crippen molar-refractivity contribution in [3.8, 4) is 5.75 Å². The average Bonchev–Trinajstić information content (AvgIpc) is 2.92. The molecule has 0 radical (unpaired) electrons. The summed E-state index contributed by atoms with van der Waals surface area (Å²) >= 11 is 0. The van der Waals surface area contributed by atoms with Gasteiger partial charge in [0.1, 0.15) is 0 Å². The molecule has 0 aromatic heterocycles. The summed E-state index contributed by atoms with van der Waals surface area (Å²) in [4.78, 5) is 12.9. The topological polar surface area (TPSA) is 67.6 Å². The number of anilines is 1. The number of likely N-dealkylation sites (tertiary alicyclic amines) is 1. The first-order valence-electron chi connectivity index (χ1n) is 7.08. The molecule has 110 valence electrons. The Bertz CT molecular complexity index is 459. The lowest BCUT2D eigenvalue weighted by atomic mass is 10.2. The van der Waals surface area contributed by atoms with E-state index >= 15 is 0 Å². The van der Waals surface area contributed by atoms with Crippen LogP contribution < -0.4 is 10.1 Å². The van der Waals surface area contributed by atoms with E-state index in [4.69, 9.17) is 4.74 Å². The molecule has 0 bridgehead atoms. The average molecular weight is 279 g/mol. The zero-order valence-electron chi connectivity index (χ0n) is 11.8. The van der Waals surface area contributed by atoms with Crippen molar-refractivity contribution in [1.29, 1.82) is 0 Å². The van der Waals surface area contributed by atoms with E-state index in [0.717, 1.165) is 18.8 Å². The van der Waals surface area contributed by atoms with E-state index in [1.807, 2.05) is 6.92 Å². The molecule has 0 atom stereocenters. The molecule has 1 N–H and O–H groups in total. The van der Waals surface area contributed by atoms with Crippen molar-refractivity contribution in [3.63, 3.8) is 0 Å². The highest BCUT2D eigenvalue weighted by Crippen LogP contribution is 2.30. The Morgan fingerprint density at radius 2 is 2.15 bits per heavy atom. The fourth-order valence-electron chi connectivity index (χ4n) is 2.41. The lowest BCUT2D eigenvalue weighted by molar-refractivity contribution is -0.385. The summed E-state index contributed by atoms with van der Waals surface area (Å²) in [6, 6.07) is 4.92. The van der Waals surface area contributed by atoms with Gasteiger partial charge in [0, 0.05) is 30.9 Å². The number of ether oxygens (including phenoxy) is 1. The van der Waals surface area contributed by atoms with Crippen molar-refractivity contribution in [3.05, 3.63) is 28.3 Å². The van der Waals surface area contributed by atoms with Crippen LogP contribution in [0.15, 0.2) is 18.2 Å². The van der Waals surface area contributed by atoms with Gasteiger partial charge in [0.05, 0.1) is 11.5 Å². The summed E-state index contributed by atoms with van der Waals surface area (Å²) in [5.41, 5.74) is 0.871. The Hall–Kier alpha value is -1.82. The second-order valence-corrected chi connectivity index (χ2v) is 4.85. The van der Waals surface area contributed by atoms with E-state index in [-0.39, 0.29) is 5.69 Å². The van der Waals surface area contributed by atoms with Crippen molar-refractivity contribution in [2.75, 3.05) is 38.1 Å². The largest absolute Gasteiger partial charge is 0.487 e. The molecule has 1 fully saturated rings. The quantitative estimate of drug-likeness (QED) is 0.613. The van der Waals surface area contributed by atoms with Gasteiger partial charge in [0.25, 0.3) is 0 Å². The van der Waals surface area contributed by atoms with Crippen LogP contribution in [0.1, 0.15) is 19.8 Å². The minimum atomic E-state index is -0.418. The molecule has 0 amide bonds. The first-order chi connectivity index (χ1) is 9.70. The van der Waals surface area contributed by atoms with Crippen molar-refractivity contribution in [2.24, 2.45) is 0 Å². The van der Waals surface area contributed by atoms with Gasteiger partial charge in [-0.3, -0.25) is 10.1 Å². The third-order valence-electron chi connectivity index (χ3n) is 3.41. The van der Waals surface area contributed by atoms with E-state index in [1.165, 1.54) is 32.0 Å². The normalized spacial score (nSPS) is 15.2. The van der Waals surface area contributed by atoms with Gasteiger partial charge in [-0.1, -0.05) is 0 Å². The Morgan fingerprint density at radius 1 is 1.40 bits per heavy atom. The Labute approximate surface area is 118 Å². The number of rotatable bonds is 7. The molecule has 1 aliphatic rings. The van der Waals surface area contributed by atoms with E-state index in [9.17, 15) is 10.1 Å². The SMILES string of the molecule is CCOc1cc(NCCN2CCCC2)ccc1[N+](=O)[O-]. The molecule has 1 heterocycles. The number of hydrogen-bond donors (Lipinski definition) is 1. The molecule has 1 aromatic carbocycles. The molecule has 2 rings (SSSR count). The van der Waals surface area contributed by atoms with Crippen LogP contribution >= 0.6 is 0 Å². The van der Waals surface area contributed by atoms with Crippen LogP contribution in [0.4, 0.5) is 11.4 Å². The maximum absolute atomic E-state index is 10.9. The highest BCUT2D eigenvalue weighted by Gasteiger charge is 2.15. The Morgan fingerprint density at radius 3 is 2.80 bits per heavy atom. The molecule has 6 nitrogen and oxygen atoms in total. The van der Waals surface area contributed by atoms with Crippen LogP contribution in [-0.2, 0) is 0 Å². The van der Waals surface area contributed by atoms with Crippen LogP contribution in [-0.4, -0.2) is 42.6 Å². The fourth-order valence-corrected chi connectivity index (χ4v) is 2.41. The molecular formula is C14H21N3O3. The van der Waals surface area contributed by atoms with E-state index in [0.29, 0.717) is 12.4 Å². The zero-order valence-corrected chi connectivity index (χ0v) is 11.8. The first-order valence-corrected chi connectivity index (χ1v) is 7.08. The third kappa shape index (κ3) is 3.84. The standard InChI is InChI=1S/C14H21N3O3/c1-2-20-14-11-12(5-6-13(14)17(18)19)15-7-10-16-8-3-4-9-16/h5-6,11,15H,2-4,7-10H2,1H3. The lowest BCUT2D eigenvalue weighted by Gasteiger charge is -2.15. The molecule has 1 aromatic rings. The summed E-state index contributed by atoms with van der Waals surface area (Å²) in [6.45, 7) is 6.41. The summed E-state index contributed by atoms with van der Waals surface area (Å²) in [6.07, 6.45) is 2.57. The smallest absolute Gasteiger partial charge is 0.311 e. The van der Waals surface area contributed by atoms with Crippen LogP contribution in [0.2, 0.25) is 0 Å². The predicted molar refractivity (Wildman–Crippen MR) is 78.4 cm³/mol. The number of nitrogens with zero attached hydrogens (tertiary/aromatic N) is 2. The van der Waals surface area contributed by atoms with Gasteiger partial charge >= 0.3 is 5.69 Å². The maximum atomic E-state index is 10.9. The Kier molecular flexibility index (Phi) is 5.17. The number of benzene rings is 1. The minimum absolute atomic E-state index is 0.0111. The summed E-state index contributed by atoms with van der Waals surface area (Å²) in [5, 5.41) is 14.2. The first kappa shape index (κ1) is 14.6. The van der Waals surface area contributed by atoms with E-state index < -0.39 is 4.92 Å². The molecule has 0 spiro atoms. The summed E-state index contributed by atoms with van der Waals surface area (Å²) in [7, 11) is 0. The van der Waals surface area contributed by atoms with Crippen molar-refractivity contribution >= 4 is 11.4 Å². The summed E-state index contributed by atoms with van der Waals surface area (Å²) < 4.78 is 5.33. The van der Waals surface area contributed by atoms with Crippen LogP contribution in [0.3, 0.4) is 0 Å². The highest BCUT2D eigenvalue weighted by atomic mass is 16.6. The van der Waals surface area contributed by atoms with Gasteiger partial charge in [0.2, 0.25) is 0 Å². The van der Waals surface area contributed by atoms with Gasteiger partial charge in [-0.2, -0.15) is 0 Å². The predicted octanol–water partition coefficient (Wildman–Crippen LogP) is 2.50. The highest BCUT2D eigenvalue weighted by molar-refractivity contribution is 5.58. The molecule has 0 saturated carbocycles. The molecule has 20 heavy (non-hydrogen) atoms. The van der Waals surface area contributed by atoms with Gasteiger partial charge in [-0.15, -0.1) is 0 Å². The maximum Gasteiger partial charge on any atom is 0.311 e. The second kappa shape index (κ2) is 7.09. The minimum Gasteiger partial charge on any atom is -0.487 e. The Balaban J connectivity index is 1.93. The molecule has 1 aliphatic heterocycles. The number of nitro groups is 1. The van der Waals surface area contributed by atoms with Crippen LogP contribution in [0, 0.1) is 10.1 Å². The molecule has 0 aliphatic carbocycles. The fraction of sp³-hybridized carbons (Fsp3) is 0.571. The number of nitrogens with one attached hydrogen (secondary N) is 1. The molecular weight excluding hydrogens is 258 g/mol. The van der Waals surface area contributed by atoms with Crippen molar-refractivity contribution in [1.82, 2.24) is 4.90 Å². The lowest BCUT2D eigenvalue weighted by Crippen LogP contribution is -2.25. The number of nitro benzene ring substituents is 1. The van der Waals surface area contributed by atoms with Gasteiger partial charge in [-0.25, -0.2) is 0 Å². The van der Waals surface area contributed by atoms with Gasteiger partial charge in [0.15, 0.2) is 5.75 Å². The number of hydrogen-bond acceptors (Lipinski definition) is 5. The third-order valence-corrected chi connectivity index (χ3v) is 3.41.